The van der Waals surface area contributed by atoms with Gasteiger partial charge in [-0.1, -0.05) is 18.6 Å². The maximum atomic E-state index is 12.0. The van der Waals surface area contributed by atoms with Crippen LogP contribution in [0.5, 0.6) is 5.75 Å². The van der Waals surface area contributed by atoms with E-state index in [-0.39, 0.29) is 16.4 Å². The fourth-order valence-electron chi connectivity index (χ4n) is 2.38. The van der Waals surface area contributed by atoms with Gasteiger partial charge >= 0.3 is 0 Å². The number of carbonyl (C=O) groups excluding carboxylic acids is 1. The predicted molar refractivity (Wildman–Crippen MR) is 82.9 cm³/mol. The third kappa shape index (κ3) is 3.67. The zero-order chi connectivity index (χ0) is 14.6. The molecule has 4 N–H and O–H groups in total. The summed E-state index contributed by atoms with van der Waals surface area (Å²) in [7, 11) is 0. The highest BCUT2D eigenvalue weighted by Gasteiger charge is 2.36. The first kappa shape index (κ1) is 15.2. The van der Waals surface area contributed by atoms with Crippen LogP contribution < -0.4 is 11.1 Å². The van der Waals surface area contributed by atoms with Crippen molar-refractivity contribution in [2.45, 2.75) is 36.5 Å². The Hall–Kier alpha value is -1.20. The summed E-state index contributed by atoms with van der Waals surface area (Å²) in [6.07, 6.45) is 6.17. The SMILES string of the molecule is CSC1(CNC(=O)[C@H](N)Cc2ccc(O)cc2)CCC1. The molecule has 1 amide bonds. The van der Waals surface area contributed by atoms with E-state index in [4.69, 9.17) is 5.73 Å². The predicted octanol–water partition coefficient (Wildman–Crippen LogP) is 1.66. The topological polar surface area (TPSA) is 75.4 Å². The number of nitrogens with one attached hydrogen (secondary N) is 1. The normalized spacial score (nSPS) is 18.1. The summed E-state index contributed by atoms with van der Waals surface area (Å²) in [5.74, 6) is 0.122. The molecule has 0 aromatic heterocycles. The minimum Gasteiger partial charge on any atom is -0.508 e. The summed E-state index contributed by atoms with van der Waals surface area (Å²) in [6, 6.07) is 6.25. The number of phenols is 1. The monoisotopic (exact) mass is 294 g/mol. The fourth-order valence-corrected chi connectivity index (χ4v) is 3.30. The molecule has 2 rings (SSSR count). The molecule has 1 aliphatic rings. The fraction of sp³-hybridized carbons (Fsp3) is 0.533. The summed E-state index contributed by atoms with van der Waals surface area (Å²) in [6.45, 7) is 0.705. The van der Waals surface area contributed by atoms with Gasteiger partial charge in [0.05, 0.1) is 6.04 Å². The van der Waals surface area contributed by atoms with E-state index in [1.807, 2.05) is 11.8 Å². The molecule has 5 heteroatoms. The molecule has 1 aromatic rings. The van der Waals surface area contributed by atoms with Crippen molar-refractivity contribution in [1.29, 1.82) is 0 Å². The highest BCUT2D eigenvalue weighted by Crippen LogP contribution is 2.42. The molecule has 4 nitrogen and oxygen atoms in total. The molecular formula is C15H22N2O2S. The smallest absolute Gasteiger partial charge is 0.237 e. The molecule has 1 aliphatic carbocycles. The van der Waals surface area contributed by atoms with E-state index >= 15 is 0 Å². The van der Waals surface area contributed by atoms with E-state index in [1.54, 1.807) is 24.3 Å². The molecule has 0 aliphatic heterocycles. The molecular weight excluding hydrogens is 272 g/mol. The summed E-state index contributed by atoms with van der Waals surface area (Å²) < 4.78 is 0.230. The Balaban J connectivity index is 1.81. The molecule has 110 valence electrons. The van der Waals surface area contributed by atoms with Gasteiger partial charge in [-0.2, -0.15) is 11.8 Å². The van der Waals surface area contributed by atoms with Crippen molar-refractivity contribution in [3.8, 4) is 5.75 Å². The van der Waals surface area contributed by atoms with Crippen molar-refractivity contribution in [1.82, 2.24) is 5.32 Å². The minimum absolute atomic E-state index is 0.0987. The van der Waals surface area contributed by atoms with Crippen LogP contribution in [-0.4, -0.2) is 34.6 Å². The van der Waals surface area contributed by atoms with Crippen molar-refractivity contribution < 1.29 is 9.90 Å². The van der Waals surface area contributed by atoms with E-state index in [9.17, 15) is 9.90 Å². The number of rotatable bonds is 6. The average molecular weight is 294 g/mol. The number of amides is 1. The number of carbonyl (C=O) groups is 1. The first-order valence-corrected chi connectivity index (χ1v) is 8.13. The van der Waals surface area contributed by atoms with Crippen molar-refractivity contribution in [2.24, 2.45) is 5.73 Å². The van der Waals surface area contributed by atoms with Crippen LogP contribution in [0.1, 0.15) is 24.8 Å². The van der Waals surface area contributed by atoms with E-state index in [0.29, 0.717) is 13.0 Å². The lowest BCUT2D eigenvalue weighted by Gasteiger charge is -2.40. The number of aromatic hydroxyl groups is 1. The van der Waals surface area contributed by atoms with Crippen molar-refractivity contribution >= 4 is 17.7 Å². The first-order chi connectivity index (χ1) is 9.54. The van der Waals surface area contributed by atoms with Crippen molar-refractivity contribution in [3.63, 3.8) is 0 Å². The quantitative estimate of drug-likeness (QED) is 0.746. The lowest BCUT2D eigenvalue weighted by Crippen LogP contribution is -2.50. The lowest BCUT2D eigenvalue weighted by atomic mass is 9.84. The maximum Gasteiger partial charge on any atom is 0.237 e. The van der Waals surface area contributed by atoms with Gasteiger partial charge in [0.1, 0.15) is 5.75 Å². The summed E-state index contributed by atoms with van der Waals surface area (Å²) in [4.78, 5) is 12.0. The van der Waals surface area contributed by atoms with Crippen molar-refractivity contribution in [3.05, 3.63) is 29.8 Å². The molecule has 0 radical (unpaired) electrons. The Morgan fingerprint density at radius 3 is 2.60 bits per heavy atom. The Kier molecular flexibility index (Phi) is 4.94. The molecule has 1 atom stereocenters. The summed E-state index contributed by atoms with van der Waals surface area (Å²) >= 11 is 1.83. The molecule has 1 fully saturated rings. The Labute approximate surface area is 124 Å². The standard InChI is InChI=1S/C15H22N2O2S/c1-20-15(7-2-8-15)10-17-14(19)13(16)9-11-3-5-12(18)6-4-11/h3-6,13,18H,2,7-10,16H2,1H3,(H,17,19)/t13-/m1/s1. The molecule has 1 aromatic carbocycles. The summed E-state index contributed by atoms with van der Waals surface area (Å²) in [5.41, 5.74) is 6.89. The van der Waals surface area contributed by atoms with Gasteiger partial charge in [-0.05, 0) is 43.2 Å². The van der Waals surface area contributed by atoms with Gasteiger partial charge in [0.25, 0.3) is 0 Å². The third-order valence-electron chi connectivity index (χ3n) is 4.01. The molecule has 0 spiro atoms. The lowest BCUT2D eigenvalue weighted by molar-refractivity contribution is -0.122. The van der Waals surface area contributed by atoms with Crippen LogP contribution in [0, 0.1) is 0 Å². The van der Waals surface area contributed by atoms with Crippen LogP contribution in [0.25, 0.3) is 0 Å². The zero-order valence-corrected chi connectivity index (χ0v) is 12.6. The van der Waals surface area contributed by atoms with Gasteiger partial charge in [0.15, 0.2) is 0 Å². The maximum absolute atomic E-state index is 12.0. The Bertz CT molecular complexity index is 452. The van der Waals surface area contributed by atoms with Gasteiger partial charge in [-0.15, -0.1) is 0 Å². The van der Waals surface area contributed by atoms with E-state index < -0.39 is 6.04 Å². The number of thioether (sulfide) groups is 1. The van der Waals surface area contributed by atoms with E-state index in [2.05, 4.69) is 11.6 Å². The van der Waals surface area contributed by atoms with Crippen LogP contribution in [0.2, 0.25) is 0 Å². The van der Waals surface area contributed by atoms with Crippen LogP contribution >= 0.6 is 11.8 Å². The Morgan fingerprint density at radius 1 is 1.45 bits per heavy atom. The molecule has 1 saturated carbocycles. The number of phenolic OH excluding ortho intramolecular Hbond substituents is 1. The number of hydrogen-bond acceptors (Lipinski definition) is 4. The zero-order valence-electron chi connectivity index (χ0n) is 11.8. The summed E-state index contributed by atoms with van der Waals surface area (Å²) in [5, 5.41) is 12.2. The van der Waals surface area contributed by atoms with Gasteiger partial charge in [-0.25, -0.2) is 0 Å². The second-order valence-corrected chi connectivity index (χ2v) is 6.71. The Morgan fingerprint density at radius 2 is 2.10 bits per heavy atom. The van der Waals surface area contributed by atoms with Crippen LogP contribution in [-0.2, 0) is 11.2 Å². The largest absolute Gasteiger partial charge is 0.508 e. The van der Waals surface area contributed by atoms with Crippen LogP contribution in [0.3, 0.4) is 0 Å². The van der Waals surface area contributed by atoms with E-state index in [1.165, 1.54) is 19.3 Å². The van der Waals surface area contributed by atoms with Gasteiger partial charge < -0.3 is 16.2 Å². The van der Waals surface area contributed by atoms with E-state index in [0.717, 1.165) is 5.56 Å². The molecule has 0 bridgehead atoms. The highest BCUT2D eigenvalue weighted by atomic mass is 32.2. The minimum atomic E-state index is -0.543. The molecule has 20 heavy (non-hydrogen) atoms. The molecule has 0 saturated heterocycles. The highest BCUT2D eigenvalue weighted by molar-refractivity contribution is 8.00. The van der Waals surface area contributed by atoms with Crippen LogP contribution in [0.15, 0.2) is 24.3 Å². The van der Waals surface area contributed by atoms with Gasteiger partial charge in [0, 0.05) is 11.3 Å². The second-order valence-electron chi connectivity index (χ2n) is 5.44. The molecule has 0 heterocycles. The number of nitrogens with two attached hydrogens (primary N) is 1. The number of benzene rings is 1. The van der Waals surface area contributed by atoms with Gasteiger partial charge in [0.2, 0.25) is 5.91 Å². The first-order valence-electron chi connectivity index (χ1n) is 6.91. The van der Waals surface area contributed by atoms with Crippen LogP contribution in [0.4, 0.5) is 0 Å². The molecule has 0 unspecified atom stereocenters. The third-order valence-corrected chi connectivity index (χ3v) is 5.43. The second kappa shape index (κ2) is 6.50. The number of hydrogen-bond donors (Lipinski definition) is 3. The van der Waals surface area contributed by atoms with Crippen molar-refractivity contribution in [2.75, 3.05) is 12.8 Å². The van der Waals surface area contributed by atoms with Gasteiger partial charge in [-0.3, -0.25) is 4.79 Å². The average Bonchev–Trinajstić information content (AvgIpc) is 2.40.